The third-order valence-corrected chi connectivity index (χ3v) is 3.09. The van der Waals surface area contributed by atoms with Gasteiger partial charge in [0.2, 0.25) is 0 Å². The van der Waals surface area contributed by atoms with Crippen LogP contribution in [0.2, 0.25) is 0 Å². The van der Waals surface area contributed by atoms with Crippen LogP contribution in [-0.4, -0.2) is 54.9 Å². The van der Waals surface area contributed by atoms with Crippen molar-refractivity contribution in [2.45, 2.75) is 27.2 Å². The summed E-state index contributed by atoms with van der Waals surface area (Å²) < 4.78 is 0. The number of hydrogen-bond donors (Lipinski definition) is 0. The van der Waals surface area contributed by atoms with Crippen LogP contribution in [0.3, 0.4) is 0 Å². The first-order valence-electron chi connectivity index (χ1n) is 6.44. The van der Waals surface area contributed by atoms with Crippen LogP contribution in [0.25, 0.3) is 0 Å². The van der Waals surface area contributed by atoms with Crippen LogP contribution in [0.5, 0.6) is 0 Å². The second kappa shape index (κ2) is 11.4. The number of nitrogens with zero attached hydrogens (tertiary/aromatic N) is 2. The third-order valence-electron chi connectivity index (χ3n) is 2.91. The van der Waals surface area contributed by atoms with Crippen LogP contribution in [0.1, 0.15) is 27.2 Å². The van der Waals surface area contributed by atoms with E-state index in [1.165, 1.54) is 19.5 Å². The van der Waals surface area contributed by atoms with Crippen molar-refractivity contribution in [3.8, 4) is 0 Å². The van der Waals surface area contributed by atoms with E-state index in [9.17, 15) is 0 Å². The van der Waals surface area contributed by atoms with Gasteiger partial charge in [-0.05, 0) is 39.1 Å². The zero-order chi connectivity index (χ0) is 12.2. The van der Waals surface area contributed by atoms with Crippen LogP contribution in [0, 0.1) is 0 Å². The monoisotopic (exact) mass is 246 g/mol. The maximum Gasteiger partial charge on any atom is 0.0404 e. The molecule has 16 heavy (non-hydrogen) atoms. The van der Waals surface area contributed by atoms with E-state index in [1.54, 1.807) is 0 Å². The molecule has 0 amide bonds. The summed E-state index contributed by atoms with van der Waals surface area (Å²) in [5.41, 5.74) is 0. The first kappa shape index (κ1) is 16.0. The number of alkyl halides is 1. The van der Waals surface area contributed by atoms with E-state index in [-0.39, 0.29) is 0 Å². The second-order valence-corrected chi connectivity index (χ2v) is 4.21. The molecule has 0 aliphatic carbocycles. The Labute approximate surface area is 106 Å². The van der Waals surface area contributed by atoms with Gasteiger partial charge in [0, 0.05) is 12.4 Å². The van der Waals surface area contributed by atoms with E-state index < -0.39 is 0 Å². The maximum atomic E-state index is 5.60. The highest BCUT2D eigenvalue weighted by atomic mass is 35.5. The quantitative estimate of drug-likeness (QED) is 0.432. The average molecular weight is 247 g/mol. The molecular weight excluding hydrogens is 220 g/mol. The Morgan fingerprint density at radius 1 is 0.875 bits per heavy atom. The van der Waals surface area contributed by atoms with Crippen LogP contribution >= 0.6 is 11.6 Å². The molecule has 0 aromatic heterocycles. The van der Waals surface area contributed by atoms with Crippen molar-refractivity contribution in [3.05, 3.63) is 12.2 Å². The predicted octanol–water partition coefficient (Wildman–Crippen LogP) is 2.84. The number of rotatable bonds is 10. The van der Waals surface area contributed by atoms with Crippen molar-refractivity contribution in [2.24, 2.45) is 0 Å². The highest BCUT2D eigenvalue weighted by Crippen LogP contribution is 1.96. The van der Waals surface area contributed by atoms with Crippen LogP contribution in [0.4, 0.5) is 0 Å². The fourth-order valence-electron chi connectivity index (χ4n) is 1.72. The van der Waals surface area contributed by atoms with Gasteiger partial charge in [-0.25, -0.2) is 0 Å². The third kappa shape index (κ3) is 8.14. The fraction of sp³-hybridized carbons (Fsp3) is 0.846. The van der Waals surface area contributed by atoms with Crippen molar-refractivity contribution in [1.29, 1.82) is 0 Å². The van der Waals surface area contributed by atoms with Crippen LogP contribution in [-0.2, 0) is 0 Å². The van der Waals surface area contributed by atoms with Gasteiger partial charge in [0.15, 0.2) is 0 Å². The molecule has 96 valence electrons. The lowest BCUT2D eigenvalue weighted by atomic mass is 10.3. The minimum absolute atomic E-state index is 0.622. The molecule has 0 aromatic carbocycles. The van der Waals surface area contributed by atoms with E-state index in [1.807, 2.05) is 6.08 Å². The van der Waals surface area contributed by atoms with Gasteiger partial charge in [0.05, 0.1) is 0 Å². The highest BCUT2D eigenvalue weighted by molar-refractivity contribution is 6.18. The van der Waals surface area contributed by atoms with Gasteiger partial charge in [-0.15, -0.1) is 11.6 Å². The van der Waals surface area contributed by atoms with Crippen LogP contribution in [0.15, 0.2) is 12.2 Å². The summed E-state index contributed by atoms with van der Waals surface area (Å²) in [7, 11) is 0. The van der Waals surface area contributed by atoms with Crippen molar-refractivity contribution in [1.82, 2.24) is 9.80 Å². The Kier molecular flexibility index (Phi) is 11.4. The smallest absolute Gasteiger partial charge is 0.0404 e. The molecule has 0 saturated carbocycles. The number of hydrogen-bond acceptors (Lipinski definition) is 2. The Morgan fingerprint density at radius 3 is 1.94 bits per heavy atom. The predicted molar refractivity (Wildman–Crippen MR) is 74.4 cm³/mol. The van der Waals surface area contributed by atoms with E-state index in [2.05, 4.69) is 36.6 Å². The molecule has 0 rings (SSSR count). The summed E-state index contributed by atoms with van der Waals surface area (Å²) in [6, 6.07) is 0. The van der Waals surface area contributed by atoms with Gasteiger partial charge >= 0.3 is 0 Å². The Bertz CT molecular complexity index is 167. The summed E-state index contributed by atoms with van der Waals surface area (Å²) in [5, 5.41) is 0. The minimum Gasteiger partial charge on any atom is -0.304 e. The molecule has 0 saturated heterocycles. The zero-order valence-electron chi connectivity index (χ0n) is 11.1. The van der Waals surface area contributed by atoms with E-state index in [0.717, 1.165) is 26.2 Å². The molecule has 0 heterocycles. The van der Waals surface area contributed by atoms with Gasteiger partial charge < -0.3 is 4.90 Å². The number of halogens is 1. The van der Waals surface area contributed by atoms with Crippen molar-refractivity contribution < 1.29 is 0 Å². The van der Waals surface area contributed by atoms with Crippen molar-refractivity contribution >= 4 is 11.6 Å². The Balaban J connectivity index is 3.65. The second-order valence-electron chi connectivity index (χ2n) is 3.90. The van der Waals surface area contributed by atoms with E-state index >= 15 is 0 Å². The van der Waals surface area contributed by atoms with E-state index in [0.29, 0.717) is 5.88 Å². The average Bonchev–Trinajstić information content (AvgIpc) is 2.32. The summed E-state index contributed by atoms with van der Waals surface area (Å²) >= 11 is 5.60. The van der Waals surface area contributed by atoms with Crippen molar-refractivity contribution in [3.63, 3.8) is 0 Å². The highest BCUT2D eigenvalue weighted by Gasteiger charge is 2.02. The van der Waals surface area contributed by atoms with Gasteiger partial charge in [-0.1, -0.05) is 32.9 Å². The summed E-state index contributed by atoms with van der Waals surface area (Å²) in [6.07, 6.45) is 5.44. The molecule has 0 fully saturated rings. The molecule has 0 aliphatic rings. The molecule has 0 atom stereocenters. The topological polar surface area (TPSA) is 6.48 Å². The lowest BCUT2D eigenvalue weighted by Crippen LogP contribution is -2.30. The molecule has 0 N–H and O–H groups in total. The number of likely N-dealkylation sites (N-methyl/N-ethyl adjacent to an activating group) is 1. The molecule has 2 nitrogen and oxygen atoms in total. The standard InChI is InChI=1S/C13H27ClN2/c1-4-15(5-2)12-9-13-16(6-3)11-8-7-10-14/h7-8H,4-6,9-13H2,1-3H3/b8-7+. The maximum absolute atomic E-state index is 5.60. The molecular formula is C13H27ClN2. The van der Waals surface area contributed by atoms with E-state index in [4.69, 9.17) is 11.6 Å². The first-order valence-corrected chi connectivity index (χ1v) is 6.97. The van der Waals surface area contributed by atoms with Crippen LogP contribution < -0.4 is 0 Å². The first-order chi connectivity index (χ1) is 7.78. The molecule has 0 aromatic rings. The molecule has 0 spiro atoms. The minimum atomic E-state index is 0.622. The molecule has 0 bridgehead atoms. The van der Waals surface area contributed by atoms with Gasteiger partial charge in [-0.3, -0.25) is 4.90 Å². The summed E-state index contributed by atoms with van der Waals surface area (Å²) in [6.45, 7) is 13.5. The normalized spacial score (nSPS) is 12.1. The summed E-state index contributed by atoms with van der Waals surface area (Å²) in [5.74, 6) is 0.622. The van der Waals surface area contributed by atoms with Crippen molar-refractivity contribution in [2.75, 3.05) is 45.1 Å². The molecule has 0 radical (unpaired) electrons. The number of allylic oxidation sites excluding steroid dienone is 1. The van der Waals surface area contributed by atoms with Gasteiger partial charge in [0.1, 0.15) is 0 Å². The van der Waals surface area contributed by atoms with Gasteiger partial charge in [-0.2, -0.15) is 0 Å². The SMILES string of the molecule is CCN(CC)CCCN(CC)C/C=C/CCl. The lowest BCUT2D eigenvalue weighted by molar-refractivity contribution is 0.256. The Hall–Kier alpha value is -0.0500. The zero-order valence-corrected chi connectivity index (χ0v) is 11.8. The fourth-order valence-corrected chi connectivity index (χ4v) is 1.85. The summed E-state index contributed by atoms with van der Waals surface area (Å²) in [4.78, 5) is 4.93. The Morgan fingerprint density at radius 2 is 1.44 bits per heavy atom. The molecule has 3 heteroatoms. The lowest BCUT2D eigenvalue weighted by Gasteiger charge is -2.22. The van der Waals surface area contributed by atoms with Gasteiger partial charge in [0.25, 0.3) is 0 Å². The largest absolute Gasteiger partial charge is 0.304 e. The molecule has 0 aliphatic heterocycles. The molecule has 0 unspecified atom stereocenters.